The van der Waals surface area contributed by atoms with Crippen LogP contribution in [0.15, 0.2) is 30.5 Å². The lowest BCUT2D eigenvalue weighted by Crippen LogP contribution is -2.02. The van der Waals surface area contributed by atoms with E-state index in [0.717, 1.165) is 22.9 Å². The number of para-hydroxylation sites is 1. The fourth-order valence-corrected chi connectivity index (χ4v) is 1.88. The van der Waals surface area contributed by atoms with Crippen molar-refractivity contribution in [1.29, 1.82) is 0 Å². The number of fused-ring (bicyclic) bond motifs is 1. The van der Waals surface area contributed by atoms with Gasteiger partial charge in [-0.25, -0.2) is 4.57 Å². The van der Waals surface area contributed by atoms with Gasteiger partial charge in [0.15, 0.2) is 0 Å². The Hall–Kier alpha value is -1.38. The molecule has 0 unspecified atom stereocenters. The standard InChI is InChI=1S/C10H11N2O2P/c11-6-5-8-7-12(14-15-13)10-4-2-1-3-9(8)10/h1-4,7H,5-6,11H2. The summed E-state index contributed by atoms with van der Waals surface area (Å²) in [6.07, 6.45) is 2.61. The molecule has 78 valence electrons. The highest BCUT2D eigenvalue weighted by molar-refractivity contribution is 7.17. The molecule has 1 aromatic carbocycles. The lowest BCUT2D eigenvalue weighted by molar-refractivity contribution is 0.313. The first-order valence-corrected chi connectivity index (χ1v) is 5.39. The van der Waals surface area contributed by atoms with Gasteiger partial charge < -0.3 is 10.4 Å². The van der Waals surface area contributed by atoms with Crippen molar-refractivity contribution in [3.05, 3.63) is 36.0 Å². The van der Waals surface area contributed by atoms with Gasteiger partial charge in [0.25, 0.3) is 0 Å². The van der Waals surface area contributed by atoms with Gasteiger partial charge in [0.05, 0.1) is 5.52 Å². The predicted molar refractivity (Wildman–Crippen MR) is 58.9 cm³/mol. The quantitative estimate of drug-likeness (QED) is 0.802. The number of rotatable bonds is 4. The maximum absolute atomic E-state index is 10.4. The summed E-state index contributed by atoms with van der Waals surface area (Å²) >= 11 is 0. The number of hydrogen-bond donors (Lipinski definition) is 1. The van der Waals surface area contributed by atoms with Crippen LogP contribution in [-0.4, -0.2) is 11.3 Å². The number of hydrogen-bond acceptors (Lipinski definition) is 3. The van der Waals surface area contributed by atoms with Crippen LogP contribution in [0.25, 0.3) is 10.9 Å². The van der Waals surface area contributed by atoms with E-state index in [0.29, 0.717) is 6.54 Å². The molecule has 5 heteroatoms. The van der Waals surface area contributed by atoms with Crippen LogP contribution in [0.1, 0.15) is 5.56 Å². The van der Waals surface area contributed by atoms with E-state index < -0.39 is 0 Å². The molecule has 2 rings (SSSR count). The fourth-order valence-electron chi connectivity index (χ4n) is 1.68. The monoisotopic (exact) mass is 222 g/mol. The van der Waals surface area contributed by atoms with Gasteiger partial charge in [0.1, 0.15) is 0 Å². The van der Waals surface area contributed by atoms with E-state index in [1.54, 1.807) is 0 Å². The van der Waals surface area contributed by atoms with E-state index in [9.17, 15) is 4.57 Å². The molecule has 15 heavy (non-hydrogen) atoms. The second-order valence-corrected chi connectivity index (χ2v) is 3.50. The molecule has 0 atom stereocenters. The van der Waals surface area contributed by atoms with Crippen LogP contribution < -0.4 is 10.4 Å². The summed E-state index contributed by atoms with van der Waals surface area (Å²) in [5.41, 5.74) is 7.54. The molecule has 0 saturated heterocycles. The van der Waals surface area contributed by atoms with E-state index in [4.69, 9.17) is 10.4 Å². The SMILES string of the molecule is NCCc1cn(OP=O)c2ccccc12. The normalized spacial score (nSPS) is 11.0. The summed E-state index contributed by atoms with van der Waals surface area (Å²) in [6, 6.07) is 7.79. The van der Waals surface area contributed by atoms with Crippen LogP contribution in [0.3, 0.4) is 0 Å². The Balaban J connectivity index is 2.56. The molecule has 0 aliphatic carbocycles. The molecule has 2 N–H and O–H groups in total. The molecule has 0 bridgehead atoms. The largest absolute Gasteiger partial charge is 0.417 e. The van der Waals surface area contributed by atoms with Gasteiger partial charge in [-0.05, 0) is 24.6 Å². The molecule has 0 aliphatic rings. The second kappa shape index (κ2) is 4.43. The van der Waals surface area contributed by atoms with Gasteiger partial charge in [-0.2, -0.15) is 4.73 Å². The zero-order chi connectivity index (χ0) is 10.7. The summed E-state index contributed by atoms with van der Waals surface area (Å²) in [6.45, 7) is 0.586. The Morgan fingerprint density at radius 1 is 1.40 bits per heavy atom. The van der Waals surface area contributed by atoms with Crippen molar-refractivity contribution in [1.82, 2.24) is 4.73 Å². The van der Waals surface area contributed by atoms with E-state index >= 15 is 0 Å². The molecule has 0 saturated carbocycles. The van der Waals surface area contributed by atoms with E-state index in [2.05, 4.69) is 0 Å². The Labute approximate surface area is 88.9 Å². The topological polar surface area (TPSA) is 57.2 Å². The molecule has 1 heterocycles. The van der Waals surface area contributed by atoms with E-state index in [1.807, 2.05) is 30.5 Å². The van der Waals surface area contributed by atoms with Crippen LogP contribution in [0.2, 0.25) is 0 Å². The molecule has 0 fully saturated rings. The van der Waals surface area contributed by atoms with Crippen molar-refractivity contribution >= 4 is 19.6 Å². The zero-order valence-electron chi connectivity index (χ0n) is 8.09. The number of nitrogens with zero attached hydrogens (tertiary/aromatic N) is 1. The third-order valence-corrected chi connectivity index (χ3v) is 2.54. The molecule has 0 amide bonds. The van der Waals surface area contributed by atoms with Crippen molar-refractivity contribution < 1.29 is 9.19 Å². The van der Waals surface area contributed by atoms with Crippen molar-refractivity contribution in [2.75, 3.05) is 6.54 Å². The summed E-state index contributed by atoms with van der Waals surface area (Å²) in [7, 11) is -0.361. The molecule has 1 aromatic heterocycles. The van der Waals surface area contributed by atoms with Crippen LogP contribution in [0, 0.1) is 0 Å². The summed E-state index contributed by atoms with van der Waals surface area (Å²) in [5.74, 6) is 0. The summed E-state index contributed by atoms with van der Waals surface area (Å²) in [5, 5.41) is 1.09. The first-order valence-electron chi connectivity index (χ1n) is 4.66. The maximum atomic E-state index is 10.4. The number of aromatic nitrogens is 1. The first kappa shape index (κ1) is 10.1. The third-order valence-electron chi connectivity index (χ3n) is 2.30. The van der Waals surface area contributed by atoms with Gasteiger partial charge in [-0.1, -0.05) is 18.2 Å². The van der Waals surface area contributed by atoms with Gasteiger partial charge in [-0.3, -0.25) is 0 Å². The van der Waals surface area contributed by atoms with E-state index in [-0.39, 0.29) is 8.69 Å². The van der Waals surface area contributed by atoms with Crippen LogP contribution >= 0.6 is 8.69 Å². The van der Waals surface area contributed by atoms with Gasteiger partial charge in [0, 0.05) is 11.6 Å². The van der Waals surface area contributed by atoms with Crippen LogP contribution in [-0.2, 0) is 11.0 Å². The molecule has 0 spiro atoms. The van der Waals surface area contributed by atoms with Crippen molar-refractivity contribution in [2.24, 2.45) is 5.73 Å². The number of benzene rings is 1. The Morgan fingerprint density at radius 3 is 2.93 bits per heavy atom. The molecular weight excluding hydrogens is 211 g/mol. The molecule has 2 aromatic rings. The van der Waals surface area contributed by atoms with Gasteiger partial charge >= 0.3 is 8.69 Å². The highest BCUT2D eigenvalue weighted by atomic mass is 31.1. The second-order valence-electron chi connectivity index (χ2n) is 3.19. The van der Waals surface area contributed by atoms with E-state index in [1.165, 1.54) is 4.73 Å². The highest BCUT2D eigenvalue weighted by Gasteiger charge is 2.07. The Bertz CT molecular complexity index is 481. The Morgan fingerprint density at radius 2 is 2.20 bits per heavy atom. The van der Waals surface area contributed by atoms with Gasteiger partial charge in [0.2, 0.25) is 0 Å². The van der Waals surface area contributed by atoms with Crippen molar-refractivity contribution in [3.63, 3.8) is 0 Å². The van der Waals surface area contributed by atoms with Crippen LogP contribution in [0.4, 0.5) is 0 Å². The highest BCUT2D eigenvalue weighted by Crippen LogP contribution is 2.21. The smallest absolute Gasteiger partial charge is 0.330 e. The van der Waals surface area contributed by atoms with Crippen molar-refractivity contribution in [3.8, 4) is 0 Å². The lowest BCUT2D eigenvalue weighted by Gasteiger charge is -1.96. The lowest BCUT2D eigenvalue weighted by atomic mass is 10.1. The fraction of sp³-hybridized carbons (Fsp3) is 0.200. The summed E-state index contributed by atoms with van der Waals surface area (Å²) < 4.78 is 16.9. The molecule has 0 radical (unpaired) electrons. The average molecular weight is 222 g/mol. The first-order chi connectivity index (χ1) is 7.36. The zero-order valence-corrected chi connectivity index (χ0v) is 8.98. The van der Waals surface area contributed by atoms with Crippen molar-refractivity contribution in [2.45, 2.75) is 6.42 Å². The Kier molecular flexibility index (Phi) is 2.99. The minimum atomic E-state index is -0.361. The molecular formula is C10H11N2O2P. The third kappa shape index (κ3) is 1.87. The summed E-state index contributed by atoms with van der Waals surface area (Å²) in [4.78, 5) is 0. The predicted octanol–water partition coefficient (Wildman–Crippen LogP) is 1.78. The minimum Gasteiger partial charge on any atom is -0.330 e. The minimum absolute atomic E-state index is 0.361. The number of nitrogens with two attached hydrogens (primary N) is 1. The average Bonchev–Trinajstić information content (AvgIpc) is 2.59. The van der Waals surface area contributed by atoms with Gasteiger partial charge in [-0.15, -0.1) is 0 Å². The van der Waals surface area contributed by atoms with Crippen LogP contribution in [0.5, 0.6) is 0 Å². The molecule has 0 aliphatic heterocycles. The maximum Gasteiger partial charge on any atom is 0.417 e. The molecule has 4 nitrogen and oxygen atoms in total.